The molecule has 1 heteroatoms. The van der Waals surface area contributed by atoms with Gasteiger partial charge in [-0.3, -0.25) is 4.79 Å². The van der Waals surface area contributed by atoms with Crippen LogP contribution in [0.25, 0.3) is 0 Å². The third-order valence-electron chi connectivity index (χ3n) is 0.867. The van der Waals surface area contributed by atoms with Gasteiger partial charge in [-0.1, -0.05) is 31.6 Å². The van der Waals surface area contributed by atoms with Crippen LogP contribution < -0.4 is 0 Å². The molecule has 0 spiro atoms. The number of hydrogen-bond acceptors (Lipinski definition) is 1. The number of unbranched alkanes of at least 4 members (excludes halogenated alkanes) is 1. The van der Waals surface area contributed by atoms with Crippen molar-refractivity contribution in [1.29, 1.82) is 0 Å². The van der Waals surface area contributed by atoms with Crippen LogP contribution in [-0.4, -0.2) is 6.29 Å². The number of allylic oxidation sites excluding steroid dienone is 4. The summed E-state index contributed by atoms with van der Waals surface area (Å²) in [6.07, 6.45) is 10.8. The molecule has 0 aromatic carbocycles. The topological polar surface area (TPSA) is 17.1 Å². The SMILES string of the molecule is CCCC=CC=C[C]=O. The highest BCUT2D eigenvalue weighted by atomic mass is 16.1. The average Bonchev–Trinajstić information content (AvgIpc) is 1.89. The summed E-state index contributed by atoms with van der Waals surface area (Å²) >= 11 is 0. The van der Waals surface area contributed by atoms with Gasteiger partial charge in [-0.25, -0.2) is 0 Å². The van der Waals surface area contributed by atoms with E-state index in [1.54, 1.807) is 12.4 Å². The van der Waals surface area contributed by atoms with Crippen molar-refractivity contribution in [3.8, 4) is 0 Å². The van der Waals surface area contributed by atoms with E-state index in [2.05, 4.69) is 6.92 Å². The van der Waals surface area contributed by atoms with Gasteiger partial charge in [0.1, 0.15) is 0 Å². The van der Waals surface area contributed by atoms with Crippen molar-refractivity contribution in [2.45, 2.75) is 19.8 Å². The second-order valence-electron chi connectivity index (χ2n) is 1.69. The molecule has 0 bridgehead atoms. The Bertz CT molecular complexity index is 112. The summed E-state index contributed by atoms with van der Waals surface area (Å²) in [5, 5.41) is 0. The Balaban J connectivity index is 3.23. The molecule has 0 aromatic rings. The summed E-state index contributed by atoms with van der Waals surface area (Å²) in [6, 6.07) is 0. The fourth-order valence-electron chi connectivity index (χ4n) is 0.436. The fourth-order valence-corrected chi connectivity index (χ4v) is 0.436. The molecule has 1 nitrogen and oxygen atoms in total. The van der Waals surface area contributed by atoms with E-state index in [1.165, 1.54) is 6.08 Å². The molecule has 0 saturated carbocycles. The minimum atomic E-state index is 1.07. The van der Waals surface area contributed by atoms with Crippen LogP contribution in [0.1, 0.15) is 19.8 Å². The Morgan fingerprint density at radius 3 is 2.78 bits per heavy atom. The summed E-state index contributed by atoms with van der Waals surface area (Å²) < 4.78 is 0. The third-order valence-corrected chi connectivity index (χ3v) is 0.867. The molecule has 0 aliphatic rings. The lowest BCUT2D eigenvalue weighted by molar-refractivity contribution is 0.564. The van der Waals surface area contributed by atoms with E-state index in [0.717, 1.165) is 12.8 Å². The lowest BCUT2D eigenvalue weighted by Crippen LogP contribution is -1.59. The van der Waals surface area contributed by atoms with Gasteiger partial charge in [0.15, 0.2) is 0 Å². The largest absolute Gasteiger partial charge is 0.286 e. The van der Waals surface area contributed by atoms with E-state index in [4.69, 9.17) is 0 Å². The van der Waals surface area contributed by atoms with Crippen LogP contribution in [0, 0.1) is 0 Å². The highest BCUT2D eigenvalue weighted by Crippen LogP contribution is 1.87. The first kappa shape index (κ1) is 8.15. The summed E-state index contributed by atoms with van der Waals surface area (Å²) in [7, 11) is 0. The van der Waals surface area contributed by atoms with Crippen molar-refractivity contribution in [2.75, 3.05) is 0 Å². The molecule has 1 radical (unpaired) electrons. The number of carbonyl (C=O) groups excluding carboxylic acids is 1. The van der Waals surface area contributed by atoms with E-state index in [9.17, 15) is 4.79 Å². The summed E-state index contributed by atoms with van der Waals surface area (Å²) in [5.74, 6) is 0. The van der Waals surface area contributed by atoms with Crippen LogP contribution in [0.4, 0.5) is 0 Å². The van der Waals surface area contributed by atoms with E-state index in [-0.39, 0.29) is 0 Å². The highest BCUT2D eigenvalue weighted by molar-refractivity contribution is 5.66. The molecule has 0 aliphatic carbocycles. The zero-order chi connectivity index (χ0) is 6.95. The normalized spacial score (nSPS) is 11.2. The van der Waals surface area contributed by atoms with Crippen molar-refractivity contribution in [3.63, 3.8) is 0 Å². The Kier molecular flexibility index (Phi) is 6.47. The van der Waals surface area contributed by atoms with Gasteiger partial charge in [0.05, 0.1) is 0 Å². The van der Waals surface area contributed by atoms with Gasteiger partial charge in [-0.05, 0) is 12.5 Å². The zero-order valence-electron chi connectivity index (χ0n) is 5.63. The second-order valence-corrected chi connectivity index (χ2v) is 1.69. The summed E-state index contributed by atoms with van der Waals surface area (Å²) in [6.45, 7) is 2.11. The van der Waals surface area contributed by atoms with Gasteiger partial charge in [-0.15, -0.1) is 0 Å². The second kappa shape index (κ2) is 7.15. The Hall–Kier alpha value is -0.850. The lowest BCUT2D eigenvalue weighted by atomic mass is 10.3. The van der Waals surface area contributed by atoms with Gasteiger partial charge in [-0.2, -0.15) is 0 Å². The van der Waals surface area contributed by atoms with Gasteiger partial charge in [0, 0.05) is 0 Å². The Labute approximate surface area is 56.1 Å². The van der Waals surface area contributed by atoms with E-state index in [0.29, 0.717) is 0 Å². The van der Waals surface area contributed by atoms with Gasteiger partial charge in [0.2, 0.25) is 6.29 Å². The van der Waals surface area contributed by atoms with Crippen molar-refractivity contribution in [3.05, 3.63) is 24.3 Å². The summed E-state index contributed by atoms with van der Waals surface area (Å²) in [4.78, 5) is 9.59. The molecule has 0 unspecified atom stereocenters. The van der Waals surface area contributed by atoms with Gasteiger partial charge in [0.25, 0.3) is 0 Å². The first-order valence-electron chi connectivity index (χ1n) is 3.11. The minimum absolute atomic E-state index is 1.07. The van der Waals surface area contributed by atoms with Crippen molar-refractivity contribution in [2.24, 2.45) is 0 Å². The van der Waals surface area contributed by atoms with E-state index >= 15 is 0 Å². The standard InChI is InChI=1S/C8H11O/c1-2-3-4-5-6-7-8-9/h4-7H,2-3H2,1H3. The maximum atomic E-state index is 9.59. The van der Waals surface area contributed by atoms with Crippen LogP contribution >= 0.6 is 0 Å². The molecule has 0 atom stereocenters. The first-order chi connectivity index (χ1) is 4.41. The fraction of sp³-hybridized carbons (Fsp3) is 0.375. The van der Waals surface area contributed by atoms with Crippen molar-refractivity contribution >= 4 is 6.29 Å². The maximum Gasteiger partial charge on any atom is 0.225 e. The molecule has 9 heavy (non-hydrogen) atoms. The molecule has 0 N–H and O–H groups in total. The predicted molar refractivity (Wildman–Crippen MR) is 38.9 cm³/mol. The lowest BCUT2D eigenvalue weighted by Gasteiger charge is -1.78. The van der Waals surface area contributed by atoms with Crippen molar-refractivity contribution < 1.29 is 4.79 Å². The van der Waals surface area contributed by atoms with Crippen LogP contribution in [0.2, 0.25) is 0 Å². The molecule has 0 rings (SSSR count). The highest BCUT2D eigenvalue weighted by Gasteiger charge is 1.68. The number of hydrogen-bond donors (Lipinski definition) is 0. The van der Waals surface area contributed by atoms with Crippen LogP contribution in [-0.2, 0) is 4.79 Å². The van der Waals surface area contributed by atoms with E-state index < -0.39 is 0 Å². The van der Waals surface area contributed by atoms with E-state index in [1.807, 2.05) is 12.2 Å². The Morgan fingerprint density at radius 2 is 2.22 bits per heavy atom. The van der Waals surface area contributed by atoms with Crippen molar-refractivity contribution in [1.82, 2.24) is 0 Å². The maximum absolute atomic E-state index is 9.59. The quantitative estimate of drug-likeness (QED) is 0.413. The smallest absolute Gasteiger partial charge is 0.225 e. The molecule has 0 fully saturated rings. The van der Waals surface area contributed by atoms with Crippen LogP contribution in [0.15, 0.2) is 24.3 Å². The summed E-state index contributed by atoms with van der Waals surface area (Å²) in [5.41, 5.74) is 0. The zero-order valence-corrected chi connectivity index (χ0v) is 5.63. The molecule has 0 aromatic heterocycles. The average molecular weight is 123 g/mol. The van der Waals surface area contributed by atoms with Gasteiger partial charge >= 0.3 is 0 Å². The third kappa shape index (κ3) is 7.15. The molecule has 0 saturated heterocycles. The monoisotopic (exact) mass is 123 g/mol. The predicted octanol–water partition coefficient (Wildman–Crippen LogP) is 2.01. The molecular formula is C8H11O. The van der Waals surface area contributed by atoms with Crippen LogP contribution in [0.3, 0.4) is 0 Å². The Morgan fingerprint density at radius 1 is 1.44 bits per heavy atom. The number of rotatable bonds is 4. The minimum Gasteiger partial charge on any atom is -0.286 e. The molecule has 0 amide bonds. The first-order valence-corrected chi connectivity index (χ1v) is 3.11. The van der Waals surface area contributed by atoms with Crippen LogP contribution in [0.5, 0.6) is 0 Å². The molecular weight excluding hydrogens is 112 g/mol. The molecule has 0 heterocycles. The van der Waals surface area contributed by atoms with Gasteiger partial charge < -0.3 is 0 Å². The molecule has 0 aliphatic heterocycles. The molecule has 49 valence electrons.